The molecule has 0 aliphatic rings. The molecule has 0 heterocycles. The molecule has 0 aliphatic heterocycles. The van der Waals surface area contributed by atoms with Crippen molar-refractivity contribution in [3.8, 4) is 11.8 Å². The summed E-state index contributed by atoms with van der Waals surface area (Å²) in [4.78, 5) is 12.4. The number of nitrogens with zero attached hydrogens (tertiary/aromatic N) is 1. The molecule has 1 N–H and O–H groups in total. The highest BCUT2D eigenvalue weighted by molar-refractivity contribution is 6.37. The number of hydrogen-bond acceptors (Lipinski definition) is 3. The summed E-state index contributed by atoms with van der Waals surface area (Å²) in [5.41, 5.74) is 1.50. The third-order valence-corrected chi connectivity index (χ3v) is 4.87. The maximum Gasteiger partial charge on any atom is 0.266 e. The van der Waals surface area contributed by atoms with Crippen molar-refractivity contribution in [3.05, 3.63) is 98.2 Å². The first-order chi connectivity index (χ1) is 14.9. The van der Waals surface area contributed by atoms with Crippen molar-refractivity contribution in [3.63, 3.8) is 0 Å². The number of benzene rings is 3. The van der Waals surface area contributed by atoms with Gasteiger partial charge in [-0.2, -0.15) is 5.26 Å². The molecule has 0 fully saturated rings. The van der Waals surface area contributed by atoms with E-state index >= 15 is 0 Å². The summed E-state index contributed by atoms with van der Waals surface area (Å²) in [6.07, 6.45) is 1.36. The van der Waals surface area contributed by atoms with E-state index in [-0.39, 0.29) is 33.8 Å². The summed E-state index contributed by atoms with van der Waals surface area (Å²) >= 11 is 18.5. The number of carbonyl (C=O) groups is 1. The number of anilines is 1. The van der Waals surface area contributed by atoms with Gasteiger partial charge in [0.05, 0.1) is 10.0 Å². The Morgan fingerprint density at radius 2 is 1.74 bits per heavy atom. The predicted octanol–water partition coefficient (Wildman–Crippen LogP) is 6.91. The third-order valence-electron chi connectivity index (χ3n) is 4.08. The largest absolute Gasteiger partial charge is 0.486 e. The van der Waals surface area contributed by atoms with Gasteiger partial charge in [-0.15, -0.1) is 0 Å². The zero-order valence-electron chi connectivity index (χ0n) is 15.8. The van der Waals surface area contributed by atoms with Crippen LogP contribution in [0.3, 0.4) is 0 Å². The van der Waals surface area contributed by atoms with Gasteiger partial charge in [0, 0.05) is 10.7 Å². The van der Waals surface area contributed by atoms with Crippen molar-refractivity contribution < 1.29 is 13.9 Å². The summed E-state index contributed by atoms with van der Waals surface area (Å²) in [6.45, 7) is 0.139. The van der Waals surface area contributed by atoms with E-state index in [1.807, 2.05) is 6.07 Å². The first-order valence-corrected chi connectivity index (χ1v) is 10.0. The summed E-state index contributed by atoms with van der Waals surface area (Å²) in [5, 5.41) is 12.9. The van der Waals surface area contributed by atoms with E-state index in [9.17, 15) is 14.4 Å². The fourth-order valence-electron chi connectivity index (χ4n) is 2.62. The summed E-state index contributed by atoms with van der Waals surface area (Å²) in [6, 6.07) is 17.3. The van der Waals surface area contributed by atoms with Crippen LogP contribution in [-0.4, -0.2) is 5.91 Å². The Balaban J connectivity index is 1.76. The Morgan fingerprint density at radius 3 is 2.35 bits per heavy atom. The van der Waals surface area contributed by atoms with E-state index in [4.69, 9.17) is 39.5 Å². The molecule has 0 spiro atoms. The molecule has 3 aromatic carbocycles. The van der Waals surface area contributed by atoms with E-state index in [2.05, 4.69) is 5.32 Å². The molecule has 31 heavy (non-hydrogen) atoms. The second kappa shape index (κ2) is 10.3. The number of hydrogen-bond donors (Lipinski definition) is 1. The van der Waals surface area contributed by atoms with Crippen LogP contribution in [-0.2, 0) is 11.4 Å². The van der Waals surface area contributed by atoms with Crippen LogP contribution in [0.4, 0.5) is 10.1 Å². The molecule has 0 unspecified atom stereocenters. The van der Waals surface area contributed by atoms with Crippen molar-refractivity contribution in [2.45, 2.75) is 6.61 Å². The summed E-state index contributed by atoms with van der Waals surface area (Å²) < 4.78 is 18.7. The maximum atomic E-state index is 13.0. The molecule has 8 heteroatoms. The summed E-state index contributed by atoms with van der Waals surface area (Å²) in [7, 11) is 0. The quantitative estimate of drug-likeness (QED) is 0.311. The summed E-state index contributed by atoms with van der Waals surface area (Å²) in [5.74, 6) is -0.705. The average molecular weight is 476 g/mol. The monoisotopic (exact) mass is 474 g/mol. The molecule has 0 aliphatic carbocycles. The SMILES string of the molecule is N#C/C(=C\c1cc(Cl)c(OCc2ccc(F)cc2)c(Cl)c1)C(=O)Nc1cccc(Cl)c1. The van der Waals surface area contributed by atoms with Crippen LogP contribution in [0.2, 0.25) is 15.1 Å². The van der Waals surface area contributed by atoms with Gasteiger partial charge in [-0.25, -0.2) is 4.39 Å². The highest BCUT2D eigenvalue weighted by Gasteiger charge is 2.13. The van der Waals surface area contributed by atoms with Crippen LogP contribution in [0.1, 0.15) is 11.1 Å². The number of ether oxygens (including phenoxy) is 1. The van der Waals surface area contributed by atoms with Crippen LogP contribution < -0.4 is 10.1 Å². The zero-order valence-corrected chi connectivity index (χ0v) is 18.1. The number of halogens is 4. The molecule has 0 bridgehead atoms. The minimum absolute atomic E-state index is 0.139. The average Bonchev–Trinajstić information content (AvgIpc) is 2.72. The fourth-order valence-corrected chi connectivity index (χ4v) is 3.42. The van der Waals surface area contributed by atoms with Gasteiger partial charge in [-0.1, -0.05) is 53.0 Å². The number of amides is 1. The normalized spacial score (nSPS) is 11.0. The second-order valence-corrected chi connectivity index (χ2v) is 7.61. The van der Waals surface area contributed by atoms with Crippen molar-refractivity contribution >= 4 is 52.5 Å². The lowest BCUT2D eigenvalue weighted by Crippen LogP contribution is -2.13. The molecular formula is C23H14Cl3FN2O2. The molecule has 0 saturated carbocycles. The predicted molar refractivity (Wildman–Crippen MR) is 121 cm³/mol. The molecular weight excluding hydrogens is 462 g/mol. The van der Waals surface area contributed by atoms with Crippen molar-refractivity contribution in [1.29, 1.82) is 5.26 Å². The van der Waals surface area contributed by atoms with Gasteiger partial charge in [0.2, 0.25) is 0 Å². The van der Waals surface area contributed by atoms with Crippen LogP contribution in [0, 0.1) is 17.1 Å². The first kappa shape index (κ1) is 22.6. The molecule has 4 nitrogen and oxygen atoms in total. The third kappa shape index (κ3) is 6.22. The van der Waals surface area contributed by atoms with Gasteiger partial charge in [0.25, 0.3) is 5.91 Å². The topological polar surface area (TPSA) is 62.1 Å². The van der Waals surface area contributed by atoms with Gasteiger partial charge in [0.15, 0.2) is 5.75 Å². The second-order valence-electron chi connectivity index (χ2n) is 6.36. The molecule has 0 aromatic heterocycles. The van der Waals surface area contributed by atoms with E-state index in [1.54, 1.807) is 36.4 Å². The minimum Gasteiger partial charge on any atom is -0.486 e. The Kier molecular flexibility index (Phi) is 7.54. The number of nitriles is 1. The highest BCUT2D eigenvalue weighted by atomic mass is 35.5. The lowest BCUT2D eigenvalue weighted by atomic mass is 10.1. The van der Waals surface area contributed by atoms with Gasteiger partial charge >= 0.3 is 0 Å². The Morgan fingerprint density at radius 1 is 1.06 bits per heavy atom. The Hall–Kier alpha value is -3.04. The lowest BCUT2D eigenvalue weighted by molar-refractivity contribution is -0.112. The number of carbonyl (C=O) groups excluding carboxylic acids is 1. The maximum absolute atomic E-state index is 13.0. The molecule has 1 amide bonds. The molecule has 156 valence electrons. The Labute approximate surface area is 193 Å². The van der Waals surface area contributed by atoms with E-state index in [0.717, 1.165) is 5.56 Å². The van der Waals surface area contributed by atoms with Crippen molar-refractivity contribution in [2.24, 2.45) is 0 Å². The number of nitrogens with one attached hydrogen (secondary N) is 1. The zero-order chi connectivity index (χ0) is 22.4. The van der Waals surface area contributed by atoms with E-state index < -0.39 is 5.91 Å². The van der Waals surface area contributed by atoms with Crippen molar-refractivity contribution in [1.82, 2.24) is 0 Å². The molecule has 0 atom stereocenters. The van der Waals surface area contributed by atoms with Gasteiger partial charge in [-0.3, -0.25) is 4.79 Å². The van der Waals surface area contributed by atoms with Crippen LogP contribution in [0.25, 0.3) is 6.08 Å². The van der Waals surface area contributed by atoms with Crippen LogP contribution in [0.5, 0.6) is 5.75 Å². The highest BCUT2D eigenvalue weighted by Crippen LogP contribution is 2.35. The molecule has 3 aromatic rings. The van der Waals surface area contributed by atoms with Gasteiger partial charge in [0.1, 0.15) is 24.1 Å². The van der Waals surface area contributed by atoms with Gasteiger partial charge < -0.3 is 10.1 Å². The van der Waals surface area contributed by atoms with Crippen LogP contribution in [0.15, 0.2) is 66.2 Å². The first-order valence-electron chi connectivity index (χ1n) is 8.90. The smallest absolute Gasteiger partial charge is 0.266 e. The van der Waals surface area contributed by atoms with E-state index in [0.29, 0.717) is 16.3 Å². The molecule has 0 saturated heterocycles. The van der Waals surface area contributed by atoms with Gasteiger partial charge in [-0.05, 0) is 59.7 Å². The van der Waals surface area contributed by atoms with Crippen molar-refractivity contribution in [2.75, 3.05) is 5.32 Å². The standard InChI is InChI=1S/C23H14Cl3FN2O2/c24-17-2-1-3-19(11-17)29-23(30)16(12-28)8-15-9-20(25)22(21(26)10-15)31-13-14-4-6-18(27)7-5-14/h1-11H,13H2,(H,29,30)/b16-8+. The minimum atomic E-state index is -0.603. The molecule has 3 rings (SSSR count). The Bertz CT molecular complexity index is 1170. The molecule has 0 radical (unpaired) electrons. The number of rotatable bonds is 6. The fraction of sp³-hybridized carbons (Fsp3) is 0.0435. The lowest BCUT2D eigenvalue weighted by Gasteiger charge is -2.11. The van der Waals surface area contributed by atoms with E-state index in [1.165, 1.54) is 30.3 Å². The van der Waals surface area contributed by atoms with Crippen LogP contribution >= 0.6 is 34.8 Å².